The van der Waals surface area contributed by atoms with Gasteiger partial charge in [0.15, 0.2) is 18.4 Å². The van der Waals surface area contributed by atoms with Gasteiger partial charge >= 0.3 is 5.97 Å². The van der Waals surface area contributed by atoms with Crippen LogP contribution in [0.5, 0.6) is 0 Å². The number of nitriles is 1. The van der Waals surface area contributed by atoms with E-state index in [1.165, 1.54) is 0 Å². The number of esters is 1. The second-order valence-electron chi connectivity index (χ2n) is 19.9. The highest BCUT2D eigenvalue weighted by atomic mass is 16.7. The molecule has 4 saturated heterocycles. The number of fused-ring (bicyclic) bond motifs is 2. The monoisotopic (exact) mass is 925 g/mol. The van der Waals surface area contributed by atoms with Gasteiger partial charge in [-0.25, -0.2) is 0 Å². The summed E-state index contributed by atoms with van der Waals surface area (Å²) in [6.45, 7) is 16.9. The second kappa shape index (κ2) is 21.9. The zero-order valence-electron chi connectivity index (χ0n) is 40.6. The summed E-state index contributed by atoms with van der Waals surface area (Å²) in [6, 6.07) is 2.09. The smallest absolute Gasteiger partial charge is 0.316 e. The first-order valence-corrected chi connectivity index (χ1v) is 24.3. The Hall–Kier alpha value is -2.82. The predicted octanol–water partition coefficient (Wildman–Crippen LogP) is 5.89. The highest BCUT2D eigenvalue weighted by Crippen LogP contribution is 2.47. The Kier molecular flexibility index (Phi) is 16.9. The molecule has 20 atom stereocenters. The third-order valence-electron chi connectivity index (χ3n) is 15.2. The number of allylic oxidation sites excluding steroid dienone is 2. The molecular weight excluding hydrogens is 849 g/mol. The van der Waals surface area contributed by atoms with Crippen molar-refractivity contribution in [2.24, 2.45) is 23.7 Å². The Labute approximate surface area is 391 Å². The van der Waals surface area contributed by atoms with Crippen LogP contribution in [0.4, 0.5) is 0 Å². The zero-order chi connectivity index (χ0) is 47.5. The molecule has 15 heteroatoms. The molecule has 0 saturated carbocycles. The number of methoxy groups -OCH3 is 2. The number of nitrogens with one attached hydrogen (secondary N) is 1. The van der Waals surface area contributed by atoms with E-state index in [9.17, 15) is 15.0 Å². The van der Waals surface area contributed by atoms with Crippen molar-refractivity contribution in [1.82, 2.24) is 5.32 Å². The quantitative estimate of drug-likeness (QED) is 0.127. The van der Waals surface area contributed by atoms with Crippen molar-refractivity contribution in [3.63, 3.8) is 0 Å². The molecule has 3 N–H and O–H groups in total. The summed E-state index contributed by atoms with van der Waals surface area (Å²) in [5, 5.41) is 36.2. The number of ether oxygens (including phenoxy) is 10. The molecule has 6 heterocycles. The average Bonchev–Trinajstić information content (AvgIpc) is 3.63. The van der Waals surface area contributed by atoms with E-state index in [0.29, 0.717) is 56.2 Å². The Morgan fingerprint density at radius 3 is 2.41 bits per heavy atom. The number of hydrogen-bond donors (Lipinski definition) is 3. The highest BCUT2D eigenvalue weighted by molar-refractivity contribution is 5.78. The molecule has 4 fully saturated rings. The van der Waals surface area contributed by atoms with Crippen LogP contribution in [0.15, 0.2) is 59.3 Å². The minimum Gasteiger partial charge on any atom is -0.462 e. The minimum atomic E-state index is -1.84. The van der Waals surface area contributed by atoms with E-state index in [2.05, 4.69) is 51.2 Å². The summed E-state index contributed by atoms with van der Waals surface area (Å²) < 4.78 is 64.8. The molecule has 0 radical (unpaired) electrons. The molecule has 0 aromatic rings. The molecule has 368 valence electrons. The molecule has 1 spiro atoms. The number of carbonyl (C=O) groups excluding carboxylic acids is 1. The summed E-state index contributed by atoms with van der Waals surface area (Å²) >= 11 is 0. The van der Waals surface area contributed by atoms with Gasteiger partial charge < -0.3 is 62.9 Å². The van der Waals surface area contributed by atoms with Gasteiger partial charge in [-0.1, -0.05) is 70.6 Å². The molecule has 66 heavy (non-hydrogen) atoms. The molecule has 7 aliphatic rings. The van der Waals surface area contributed by atoms with Crippen LogP contribution in [0.2, 0.25) is 0 Å². The second-order valence-corrected chi connectivity index (χ2v) is 19.9. The maximum absolute atomic E-state index is 14.4. The molecule has 15 nitrogen and oxygen atoms in total. The lowest BCUT2D eigenvalue weighted by Gasteiger charge is -2.48. The van der Waals surface area contributed by atoms with Crippen LogP contribution >= 0.6 is 0 Å². The number of hydrogen-bond acceptors (Lipinski definition) is 15. The molecule has 0 amide bonds. The minimum absolute atomic E-state index is 0.0309. The van der Waals surface area contributed by atoms with Crippen molar-refractivity contribution in [2.45, 2.75) is 197 Å². The lowest BCUT2D eigenvalue weighted by molar-refractivity contribution is -0.312. The Morgan fingerprint density at radius 2 is 1.68 bits per heavy atom. The normalized spacial score (nSPS) is 46.7. The first-order valence-electron chi connectivity index (χ1n) is 24.3. The van der Waals surface area contributed by atoms with E-state index in [-0.39, 0.29) is 60.9 Å². The fraction of sp³-hybridized carbons (Fsp3) is 0.765. The van der Waals surface area contributed by atoms with Crippen LogP contribution in [0.25, 0.3) is 0 Å². The summed E-state index contributed by atoms with van der Waals surface area (Å²) in [7, 11) is 3.35. The van der Waals surface area contributed by atoms with Crippen molar-refractivity contribution < 1.29 is 62.4 Å². The third-order valence-corrected chi connectivity index (χ3v) is 15.2. The molecule has 0 aromatic heterocycles. The van der Waals surface area contributed by atoms with Gasteiger partial charge in [0.1, 0.15) is 35.9 Å². The number of aliphatic hydroxyl groups is 2. The topological polar surface area (TPSA) is 186 Å². The van der Waals surface area contributed by atoms with Gasteiger partial charge in [-0.15, -0.1) is 0 Å². The van der Waals surface area contributed by atoms with Crippen molar-refractivity contribution in [2.75, 3.05) is 27.4 Å². The van der Waals surface area contributed by atoms with Gasteiger partial charge in [0, 0.05) is 64.7 Å². The van der Waals surface area contributed by atoms with Gasteiger partial charge in [0.05, 0.1) is 61.4 Å². The van der Waals surface area contributed by atoms with Crippen LogP contribution in [-0.4, -0.2) is 141 Å². The number of aliphatic hydroxyl groups excluding tert-OH is 1. The van der Waals surface area contributed by atoms with Gasteiger partial charge in [-0.05, 0) is 62.8 Å². The molecule has 2 bridgehead atoms. The molecule has 0 unspecified atom stereocenters. The summed E-state index contributed by atoms with van der Waals surface area (Å²) in [4.78, 5) is 14.4. The molecule has 1 aliphatic carbocycles. The van der Waals surface area contributed by atoms with Crippen molar-refractivity contribution in [3.8, 4) is 6.07 Å². The number of rotatable bonds is 11. The highest BCUT2D eigenvalue weighted by Gasteiger charge is 2.60. The average molecular weight is 925 g/mol. The van der Waals surface area contributed by atoms with E-state index < -0.39 is 72.5 Å². The van der Waals surface area contributed by atoms with Gasteiger partial charge in [0.25, 0.3) is 0 Å². The van der Waals surface area contributed by atoms with Gasteiger partial charge in [-0.2, -0.15) is 5.26 Å². The van der Waals surface area contributed by atoms with Crippen LogP contribution in [-0.2, 0) is 52.2 Å². The fourth-order valence-electron chi connectivity index (χ4n) is 11.2. The fourth-order valence-corrected chi connectivity index (χ4v) is 11.2. The number of nitrogens with zero attached hydrogens (tertiary/aromatic N) is 1. The Balaban J connectivity index is 1.15. The van der Waals surface area contributed by atoms with Gasteiger partial charge in [-0.3, -0.25) is 4.79 Å². The molecular formula is C51H76N2O13. The lowest BCUT2D eigenvalue weighted by atomic mass is 9.71. The van der Waals surface area contributed by atoms with Crippen LogP contribution in [0.3, 0.4) is 0 Å². The number of carbonyl (C=O) groups is 1. The Bertz CT molecular complexity index is 1880. The Morgan fingerprint density at radius 1 is 0.955 bits per heavy atom. The SMILES string of the molecule is CC[C@H](C)[C@H]1O[C@]2(C=C[C@@H]1C)C[C@@H]1C[C@@H](C/C=C(\C)[C@@H](O[C@H]3C[C@H](OC)[C@@H](O[C@@H]4C[C@@H](OC)[C@@H](NCCC#N)[C@@H](C)O4)[C@H](C)O3)[C@@H](C)/C=C/C=C3\CO[C@@H]4[C@H](O)C(C)=C[C@@H](C(=O)O1)[C@]34O)O2. The maximum atomic E-state index is 14.4. The van der Waals surface area contributed by atoms with Gasteiger partial charge in [0.2, 0.25) is 0 Å². The standard InChI is InChI=1S/C51H76N2O13/c1-11-28(2)46-31(5)18-19-50(66-46)26-37-23-36(65-50)17-16-30(4)45(29(3)14-12-15-35-27-59-48-44(54)32(6)22-38(49(55)62-37)51(35,48)56)63-42-25-40(58-10)47(34(8)61-42)64-41-24-39(57-9)43(33(7)60-41)53-21-13-20-52/h12,14-16,18-19,22,28-29,31,33-34,36-48,53-54,56H,11,13,17,21,23-27H2,1-10H3/b14-12+,30-16+,35-15+/t28-,29-,31-,33+,34-,36+,37-,38-,39+,40-,41+,42-,43-,44+,45-,46+,47-,48+,50+,51+/m0/s1. The van der Waals surface area contributed by atoms with Crippen molar-refractivity contribution in [3.05, 3.63) is 59.3 Å². The van der Waals surface area contributed by atoms with E-state index in [0.717, 1.165) is 12.0 Å². The molecule has 6 aliphatic heterocycles. The van der Waals surface area contributed by atoms with E-state index >= 15 is 0 Å². The first kappa shape index (κ1) is 51.0. The first-order chi connectivity index (χ1) is 31.5. The van der Waals surface area contributed by atoms with Crippen LogP contribution in [0.1, 0.15) is 100 Å². The van der Waals surface area contributed by atoms with Crippen LogP contribution in [0, 0.1) is 35.0 Å². The largest absolute Gasteiger partial charge is 0.462 e. The van der Waals surface area contributed by atoms with Crippen molar-refractivity contribution in [1.29, 1.82) is 5.26 Å². The van der Waals surface area contributed by atoms with Crippen LogP contribution < -0.4 is 5.32 Å². The summed E-state index contributed by atoms with van der Waals surface area (Å²) in [5.41, 5.74) is 0.136. The zero-order valence-corrected chi connectivity index (χ0v) is 40.6. The van der Waals surface area contributed by atoms with E-state index in [1.54, 1.807) is 33.3 Å². The maximum Gasteiger partial charge on any atom is 0.316 e. The summed E-state index contributed by atoms with van der Waals surface area (Å²) in [5.74, 6) is -2.57. The van der Waals surface area contributed by atoms with E-state index in [4.69, 9.17) is 52.6 Å². The molecule has 7 rings (SSSR count). The predicted molar refractivity (Wildman–Crippen MR) is 243 cm³/mol. The summed E-state index contributed by atoms with van der Waals surface area (Å²) in [6.07, 6.45) is 10.4. The third kappa shape index (κ3) is 10.8. The molecule has 0 aromatic carbocycles. The lowest BCUT2D eigenvalue weighted by Crippen LogP contribution is -2.58. The van der Waals surface area contributed by atoms with Crippen molar-refractivity contribution >= 4 is 5.97 Å². The van der Waals surface area contributed by atoms with E-state index in [1.807, 2.05) is 39.0 Å².